The minimum absolute atomic E-state index is 0.0565. The van der Waals surface area contributed by atoms with Crippen molar-refractivity contribution < 1.29 is 13.6 Å². The molecule has 0 atom stereocenters. The maximum Gasteiger partial charge on any atom is 0.255 e. The van der Waals surface area contributed by atoms with Crippen molar-refractivity contribution in [3.05, 3.63) is 58.8 Å². The van der Waals surface area contributed by atoms with Gasteiger partial charge in [-0.1, -0.05) is 6.07 Å². The molecule has 2 rings (SSSR count). The first-order chi connectivity index (χ1) is 9.11. The predicted octanol–water partition coefficient (Wildman–Crippen LogP) is 2.53. The minimum Gasteiger partial charge on any atom is -0.469 e. The molecule has 0 aliphatic carbocycles. The molecule has 19 heavy (non-hydrogen) atoms. The number of nitrogens with zero attached hydrogens (tertiary/aromatic N) is 1. The van der Waals surface area contributed by atoms with E-state index in [-0.39, 0.29) is 18.0 Å². The van der Waals surface area contributed by atoms with Crippen molar-refractivity contribution in [1.29, 1.82) is 5.26 Å². The number of nitriles is 1. The van der Waals surface area contributed by atoms with Gasteiger partial charge in [-0.2, -0.15) is 5.26 Å². The summed E-state index contributed by atoms with van der Waals surface area (Å²) in [4.78, 5) is 11.8. The second kappa shape index (κ2) is 5.36. The SMILES string of the molecule is Cc1occc1C(=O)NCc1ccc(C#N)cc1F. The van der Waals surface area contributed by atoms with Gasteiger partial charge in [0, 0.05) is 12.1 Å². The number of amides is 1. The molecule has 1 heterocycles. The van der Waals surface area contributed by atoms with Gasteiger partial charge in [-0.3, -0.25) is 4.79 Å². The normalized spacial score (nSPS) is 9.95. The van der Waals surface area contributed by atoms with Crippen LogP contribution in [0.15, 0.2) is 34.9 Å². The molecule has 0 radical (unpaired) electrons. The Morgan fingerprint density at radius 2 is 2.26 bits per heavy atom. The number of carbonyl (C=O) groups is 1. The molecule has 5 heteroatoms. The van der Waals surface area contributed by atoms with Gasteiger partial charge in [0.05, 0.1) is 23.5 Å². The van der Waals surface area contributed by atoms with Crippen LogP contribution in [0.5, 0.6) is 0 Å². The Balaban J connectivity index is 2.06. The standard InChI is InChI=1S/C14H11FN2O2/c1-9-12(4-5-19-9)14(18)17-8-11-3-2-10(7-16)6-13(11)15/h2-6H,8H2,1H3,(H,17,18). The van der Waals surface area contributed by atoms with Crippen molar-refractivity contribution in [3.8, 4) is 6.07 Å². The second-order valence-corrected chi connectivity index (χ2v) is 3.99. The molecule has 0 bridgehead atoms. The number of benzene rings is 1. The van der Waals surface area contributed by atoms with E-state index in [0.717, 1.165) is 6.07 Å². The van der Waals surface area contributed by atoms with E-state index in [9.17, 15) is 9.18 Å². The maximum atomic E-state index is 13.6. The molecule has 0 aliphatic rings. The molecule has 4 nitrogen and oxygen atoms in total. The van der Waals surface area contributed by atoms with E-state index in [1.54, 1.807) is 13.0 Å². The fraction of sp³-hybridized carbons (Fsp3) is 0.143. The number of hydrogen-bond acceptors (Lipinski definition) is 3. The third kappa shape index (κ3) is 2.80. The van der Waals surface area contributed by atoms with Crippen molar-refractivity contribution in [2.45, 2.75) is 13.5 Å². The molecule has 0 spiro atoms. The molecule has 1 aromatic carbocycles. The minimum atomic E-state index is -0.511. The second-order valence-electron chi connectivity index (χ2n) is 3.99. The molecule has 0 fully saturated rings. The zero-order valence-corrected chi connectivity index (χ0v) is 10.2. The summed E-state index contributed by atoms with van der Waals surface area (Å²) < 4.78 is 18.6. The van der Waals surface area contributed by atoms with E-state index in [1.807, 2.05) is 6.07 Å². The van der Waals surface area contributed by atoms with E-state index < -0.39 is 5.82 Å². The molecular weight excluding hydrogens is 247 g/mol. The number of aryl methyl sites for hydroxylation is 1. The Hall–Kier alpha value is -2.61. The molecule has 2 aromatic rings. The lowest BCUT2D eigenvalue weighted by Crippen LogP contribution is -2.23. The van der Waals surface area contributed by atoms with E-state index >= 15 is 0 Å². The predicted molar refractivity (Wildman–Crippen MR) is 65.7 cm³/mol. The number of carbonyl (C=O) groups excluding carboxylic acids is 1. The largest absolute Gasteiger partial charge is 0.469 e. The Morgan fingerprint density at radius 1 is 1.47 bits per heavy atom. The lowest BCUT2D eigenvalue weighted by Gasteiger charge is -2.06. The average Bonchev–Trinajstić information content (AvgIpc) is 2.83. The Labute approximate surface area is 109 Å². The molecule has 0 saturated carbocycles. The van der Waals surface area contributed by atoms with Crippen molar-refractivity contribution >= 4 is 5.91 Å². The van der Waals surface area contributed by atoms with Crippen LogP contribution in [0.3, 0.4) is 0 Å². The van der Waals surface area contributed by atoms with E-state index in [2.05, 4.69) is 5.32 Å². The third-order valence-electron chi connectivity index (χ3n) is 2.73. The number of furan rings is 1. The van der Waals surface area contributed by atoms with E-state index in [1.165, 1.54) is 18.4 Å². The fourth-order valence-corrected chi connectivity index (χ4v) is 1.65. The maximum absolute atomic E-state index is 13.6. The van der Waals surface area contributed by atoms with Gasteiger partial charge in [0.15, 0.2) is 0 Å². The summed E-state index contributed by atoms with van der Waals surface area (Å²) >= 11 is 0. The van der Waals surface area contributed by atoms with Crippen LogP contribution in [-0.2, 0) is 6.54 Å². The number of nitrogens with one attached hydrogen (secondary N) is 1. The van der Waals surface area contributed by atoms with E-state index in [4.69, 9.17) is 9.68 Å². The lowest BCUT2D eigenvalue weighted by atomic mass is 10.1. The van der Waals surface area contributed by atoms with Gasteiger partial charge in [-0.15, -0.1) is 0 Å². The van der Waals surface area contributed by atoms with Crippen molar-refractivity contribution in [2.24, 2.45) is 0 Å². The molecular formula is C14H11FN2O2. The Bertz CT molecular complexity index is 656. The molecule has 1 amide bonds. The average molecular weight is 258 g/mol. The third-order valence-corrected chi connectivity index (χ3v) is 2.73. The first-order valence-corrected chi connectivity index (χ1v) is 5.62. The number of halogens is 1. The number of hydrogen-bond donors (Lipinski definition) is 1. The monoisotopic (exact) mass is 258 g/mol. The summed E-state index contributed by atoms with van der Waals surface area (Å²) in [5.41, 5.74) is 1.00. The van der Waals surface area contributed by atoms with Crippen LogP contribution in [0, 0.1) is 24.1 Å². The molecule has 0 unspecified atom stereocenters. The van der Waals surface area contributed by atoms with Crippen LogP contribution in [0.1, 0.15) is 27.2 Å². The summed E-state index contributed by atoms with van der Waals surface area (Å²) in [6.07, 6.45) is 1.42. The Kier molecular flexibility index (Phi) is 3.62. The van der Waals surface area contributed by atoms with Gasteiger partial charge >= 0.3 is 0 Å². The topological polar surface area (TPSA) is 66.0 Å². The van der Waals surface area contributed by atoms with Crippen molar-refractivity contribution in [3.63, 3.8) is 0 Å². The zero-order valence-electron chi connectivity index (χ0n) is 10.2. The first-order valence-electron chi connectivity index (χ1n) is 5.62. The first kappa shape index (κ1) is 12.8. The van der Waals surface area contributed by atoms with Gasteiger partial charge in [-0.25, -0.2) is 4.39 Å². The molecule has 1 N–H and O–H groups in total. The van der Waals surface area contributed by atoms with Crippen LogP contribution in [0.25, 0.3) is 0 Å². The molecule has 0 aliphatic heterocycles. The highest BCUT2D eigenvalue weighted by Gasteiger charge is 2.12. The van der Waals surface area contributed by atoms with Gasteiger partial charge < -0.3 is 9.73 Å². The molecule has 96 valence electrons. The van der Waals surface area contributed by atoms with Crippen LogP contribution in [0.4, 0.5) is 4.39 Å². The number of rotatable bonds is 3. The summed E-state index contributed by atoms with van der Waals surface area (Å²) in [7, 11) is 0. The van der Waals surface area contributed by atoms with Crippen molar-refractivity contribution in [1.82, 2.24) is 5.32 Å². The van der Waals surface area contributed by atoms with E-state index in [0.29, 0.717) is 16.9 Å². The Morgan fingerprint density at radius 3 is 2.84 bits per heavy atom. The highest BCUT2D eigenvalue weighted by atomic mass is 19.1. The van der Waals surface area contributed by atoms with Gasteiger partial charge in [0.1, 0.15) is 11.6 Å². The fourth-order valence-electron chi connectivity index (χ4n) is 1.65. The van der Waals surface area contributed by atoms with Crippen LogP contribution in [0.2, 0.25) is 0 Å². The lowest BCUT2D eigenvalue weighted by molar-refractivity contribution is 0.0949. The summed E-state index contributed by atoms with van der Waals surface area (Å²) in [5.74, 6) is -0.323. The van der Waals surface area contributed by atoms with Gasteiger partial charge in [-0.05, 0) is 25.1 Å². The smallest absolute Gasteiger partial charge is 0.255 e. The quantitative estimate of drug-likeness (QED) is 0.919. The molecule has 0 saturated heterocycles. The molecule has 1 aromatic heterocycles. The summed E-state index contributed by atoms with van der Waals surface area (Å²) in [5, 5.41) is 11.2. The van der Waals surface area contributed by atoms with Gasteiger partial charge in [0.25, 0.3) is 5.91 Å². The van der Waals surface area contributed by atoms with Crippen LogP contribution in [-0.4, -0.2) is 5.91 Å². The summed E-state index contributed by atoms with van der Waals surface area (Å²) in [6.45, 7) is 1.73. The zero-order chi connectivity index (χ0) is 13.8. The highest BCUT2D eigenvalue weighted by molar-refractivity contribution is 5.94. The van der Waals surface area contributed by atoms with Crippen LogP contribution >= 0.6 is 0 Å². The van der Waals surface area contributed by atoms with Crippen LogP contribution < -0.4 is 5.32 Å². The van der Waals surface area contributed by atoms with Crippen molar-refractivity contribution in [2.75, 3.05) is 0 Å². The highest BCUT2D eigenvalue weighted by Crippen LogP contribution is 2.11. The van der Waals surface area contributed by atoms with Gasteiger partial charge in [0.2, 0.25) is 0 Å². The summed E-state index contributed by atoms with van der Waals surface area (Å²) in [6, 6.07) is 7.54.